The molecule has 0 radical (unpaired) electrons. The molecule has 1 unspecified atom stereocenters. The lowest BCUT2D eigenvalue weighted by Crippen LogP contribution is -2.33. The van der Waals surface area contributed by atoms with Crippen molar-refractivity contribution in [3.63, 3.8) is 0 Å². The first kappa shape index (κ1) is 15.8. The van der Waals surface area contributed by atoms with E-state index in [0.717, 1.165) is 44.1 Å². The minimum absolute atomic E-state index is 0.135. The fourth-order valence-corrected chi connectivity index (χ4v) is 2.61. The number of carbonyl (C=O) groups is 1. The van der Waals surface area contributed by atoms with Crippen LogP contribution in [0.25, 0.3) is 0 Å². The minimum atomic E-state index is 0.135. The van der Waals surface area contributed by atoms with Gasteiger partial charge in [-0.05, 0) is 56.8 Å². The normalized spacial score (nSPS) is 18.2. The zero-order chi connectivity index (χ0) is 14.8. The molecule has 1 aliphatic heterocycles. The molecule has 1 fully saturated rings. The van der Waals surface area contributed by atoms with Crippen LogP contribution in [0.1, 0.15) is 32.1 Å². The van der Waals surface area contributed by atoms with E-state index in [1.54, 1.807) is 0 Å². The van der Waals surface area contributed by atoms with Gasteiger partial charge in [-0.2, -0.15) is 0 Å². The third-order valence-electron chi connectivity index (χ3n) is 3.83. The lowest BCUT2D eigenvalue weighted by Gasteiger charge is -2.22. The minimum Gasteiger partial charge on any atom is -0.494 e. The van der Waals surface area contributed by atoms with E-state index in [4.69, 9.17) is 4.74 Å². The second kappa shape index (κ2) is 9.40. The molecule has 1 aliphatic rings. The Morgan fingerprint density at radius 3 is 2.95 bits per heavy atom. The summed E-state index contributed by atoms with van der Waals surface area (Å²) >= 11 is 0. The summed E-state index contributed by atoms with van der Waals surface area (Å²) in [5.74, 6) is 1.72. The van der Waals surface area contributed by atoms with E-state index in [0.29, 0.717) is 13.0 Å². The smallest absolute Gasteiger partial charge is 0.220 e. The summed E-state index contributed by atoms with van der Waals surface area (Å²) in [5.41, 5.74) is 0. The first-order valence-corrected chi connectivity index (χ1v) is 8.00. The lowest BCUT2D eigenvalue weighted by molar-refractivity contribution is -0.121. The number of para-hydroxylation sites is 1. The SMILES string of the molecule is O=C(CCCOc1ccccc1)NCCC1CCCNC1. The molecule has 0 spiro atoms. The maximum absolute atomic E-state index is 11.7. The van der Waals surface area contributed by atoms with Crippen LogP contribution < -0.4 is 15.4 Å². The van der Waals surface area contributed by atoms with Gasteiger partial charge in [0, 0.05) is 13.0 Å². The molecule has 0 bridgehead atoms. The van der Waals surface area contributed by atoms with E-state index in [9.17, 15) is 4.79 Å². The van der Waals surface area contributed by atoms with Crippen molar-refractivity contribution < 1.29 is 9.53 Å². The van der Waals surface area contributed by atoms with Crippen LogP contribution in [0.5, 0.6) is 5.75 Å². The third kappa shape index (κ3) is 6.63. The topological polar surface area (TPSA) is 50.4 Å². The van der Waals surface area contributed by atoms with Crippen LogP contribution in [0.15, 0.2) is 30.3 Å². The van der Waals surface area contributed by atoms with Crippen molar-refractivity contribution >= 4 is 5.91 Å². The van der Waals surface area contributed by atoms with Crippen molar-refractivity contribution in [2.24, 2.45) is 5.92 Å². The Kier molecular flexibility index (Phi) is 7.08. The van der Waals surface area contributed by atoms with Crippen LogP contribution in [-0.4, -0.2) is 32.1 Å². The average Bonchev–Trinajstić information content (AvgIpc) is 2.54. The van der Waals surface area contributed by atoms with Crippen LogP contribution >= 0.6 is 0 Å². The van der Waals surface area contributed by atoms with Crippen LogP contribution in [0, 0.1) is 5.92 Å². The maximum Gasteiger partial charge on any atom is 0.220 e. The largest absolute Gasteiger partial charge is 0.494 e. The summed E-state index contributed by atoms with van der Waals surface area (Å²) < 4.78 is 5.57. The average molecular weight is 290 g/mol. The summed E-state index contributed by atoms with van der Waals surface area (Å²) in [6.45, 7) is 3.62. The van der Waals surface area contributed by atoms with Gasteiger partial charge in [0.25, 0.3) is 0 Å². The summed E-state index contributed by atoms with van der Waals surface area (Å²) in [5, 5.41) is 6.41. The quantitative estimate of drug-likeness (QED) is 0.723. The van der Waals surface area contributed by atoms with E-state index >= 15 is 0 Å². The van der Waals surface area contributed by atoms with E-state index in [2.05, 4.69) is 10.6 Å². The van der Waals surface area contributed by atoms with Gasteiger partial charge < -0.3 is 15.4 Å². The van der Waals surface area contributed by atoms with Crippen molar-refractivity contribution in [1.29, 1.82) is 0 Å². The van der Waals surface area contributed by atoms with Crippen molar-refractivity contribution in [1.82, 2.24) is 10.6 Å². The fraction of sp³-hybridized carbons (Fsp3) is 0.588. The number of piperidine rings is 1. The molecule has 0 saturated carbocycles. The molecule has 0 aliphatic carbocycles. The number of amides is 1. The molecular formula is C17H26N2O2. The van der Waals surface area contributed by atoms with Crippen molar-refractivity contribution in [2.75, 3.05) is 26.2 Å². The molecule has 1 saturated heterocycles. The highest BCUT2D eigenvalue weighted by Crippen LogP contribution is 2.13. The molecule has 21 heavy (non-hydrogen) atoms. The van der Waals surface area contributed by atoms with Gasteiger partial charge in [-0.15, -0.1) is 0 Å². The molecule has 1 amide bonds. The van der Waals surface area contributed by atoms with E-state index < -0.39 is 0 Å². The Morgan fingerprint density at radius 1 is 1.33 bits per heavy atom. The van der Waals surface area contributed by atoms with E-state index in [1.165, 1.54) is 12.8 Å². The maximum atomic E-state index is 11.7. The van der Waals surface area contributed by atoms with Gasteiger partial charge >= 0.3 is 0 Å². The molecule has 2 N–H and O–H groups in total. The zero-order valence-corrected chi connectivity index (χ0v) is 12.6. The van der Waals surface area contributed by atoms with Crippen molar-refractivity contribution in [3.8, 4) is 5.75 Å². The molecule has 4 heteroatoms. The van der Waals surface area contributed by atoms with Crippen molar-refractivity contribution in [2.45, 2.75) is 32.1 Å². The monoisotopic (exact) mass is 290 g/mol. The summed E-state index contributed by atoms with van der Waals surface area (Å²) in [6.07, 6.45) is 4.92. The van der Waals surface area contributed by atoms with Gasteiger partial charge in [-0.1, -0.05) is 18.2 Å². The van der Waals surface area contributed by atoms with Gasteiger partial charge in [0.15, 0.2) is 0 Å². The Balaban J connectivity index is 1.47. The molecule has 1 aromatic rings. The Bertz CT molecular complexity index is 403. The molecule has 1 atom stereocenters. The Hall–Kier alpha value is -1.55. The van der Waals surface area contributed by atoms with Gasteiger partial charge in [0.2, 0.25) is 5.91 Å². The number of ether oxygens (including phenoxy) is 1. The van der Waals surface area contributed by atoms with Crippen LogP contribution in [0.3, 0.4) is 0 Å². The summed E-state index contributed by atoms with van der Waals surface area (Å²) in [4.78, 5) is 11.7. The summed E-state index contributed by atoms with van der Waals surface area (Å²) in [6, 6.07) is 9.71. The predicted molar refractivity (Wildman–Crippen MR) is 84.4 cm³/mol. The van der Waals surface area contributed by atoms with E-state index in [-0.39, 0.29) is 5.91 Å². The zero-order valence-electron chi connectivity index (χ0n) is 12.6. The molecule has 0 aromatic heterocycles. The fourth-order valence-electron chi connectivity index (χ4n) is 2.61. The summed E-state index contributed by atoms with van der Waals surface area (Å²) in [7, 11) is 0. The molecule has 1 heterocycles. The molecule has 2 rings (SSSR count). The van der Waals surface area contributed by atoms with Gasteiger partial charge in [-0.3, -0.25) is 4.79 Å². The number of benzene rings is 1. The van der Waals surface area contributed by atoms with Gasteiger partial charge in [0.1, 0.15) is 5.75 Å². The number of nitrogens with one attached hydrogen (secondary N) is 2. The standard InChI is InChI=1S/C17H26N2O2/c20-17(19-12-10-15-6-4-11-18-14-15)9-5-13-21-16-7-2-1-3-8-16/h1-3,7-8,15,18H,4-6,9-14H2,(H,19,20). The predicted octanol–water partition coefficient (Wildman–Crippen LogP) is 2.35. The molecule has 1 aromatic carbocycles. The number of carbonyl (C=O) groups excluding carboxylic acids is 1. The number of rotatable bonds is 8. The van der Waals surface area contributed by atoms with Gasteiger partial charge in [0.05, 0.1) is 6.61 Å². The Labute approximate surface area is 127 Å². The highest BCUT2D eigenvalue weighted by molar-refractivity contribution is 5.75. The van der Waals surface area contributed by atoms with Crippen LogP contribution in [0.2, 0.25) is 0 Å². The van der Waals surface area contributed by atoms with Crippen molar-refractivity contribution in [3.05, 3.63) is 30.3 Å². The molecule has 116 valence electrons. The lowest BCUT2D eigenvalue weighted by atomic mass is 9.96. The highest BCUT2D eigenvalue weighted by Gasteiger charge is 2.12. The van der Waals surface area contributed by atoms with Crippen LogP contribution in [0.4, 0.5) is 0 Å². The second-order valence-electron chi connectivity index (χ2n) is 5.62. The highest BCUT2D eigenvalue weighted by atomic mass is 16.5. The van der Waals surface area contributed by atoms with Gasteiger partial charge in [-0.25, -0.2) is 0 Å². The molecular weight excluding hydrogens is 264 g/mol. The first-order valence-electron chi connectivity index (χ1n) is 8.00. The van der Waals surface area contributed by atoms with Crippen LogP contribution in [-0.2, 0) is 4.79 Å². The number of hydrogen-bond donors (Lipinski definition) is 2. The third-order valence-corrected chi connectivity index (χ3v) is 3.83. The van der Waals surface area contributed by atoms with E-state index in [1.807, 2.05) is 30.3 Å². The second-order valence-corrected chi connectivity index (χ2v) is 5.62. The molecule has 4 nitrogen and oxygen atoms in total. The Morgan fingerprint density at radius 2 is 2.19 bits per heavy atom. The first-order chi connectivity index (χ1) is 10.3. The number of hydrogen-bond acceptors (Lipinski definition) is 3.